The molecule has 7 heteroatoms. The van der Waals surface area contributed by atoms with Crippen LogP contribution >= 0.6 is 0 Å². The predicted molar refractivity (Wildman–Crippen MR) is 106 cm³/mol. The van der Waals surface area contributed by atoms with Crippen LogP contribution in [-0.4, -0.2) is 54.5 Å². The Kier molecular flexibility index (Phi) is 5.53. The van der Waals surface area contributed by atoms with Crippen LogP contribution in [0.25, 0.3) is 0 Å². The van der Waals surface area contributed by atoms with E-state index in [0.717, 1.165) is 56.4 Å². The molecule has 0 radical (unpaired) electrons. The van der Waals surface area contributed by atoms with Crippen molar-refractivity contribution in [2.75, 3.05) is 25.0 Å². The summed E-state index contributed by atoms with van der Waals surface area (Å²) in [6.07, 6.45) is 5.28. The van der Waals surface area contributed by atoms with E-state index in [1.807, 2.05) is 6.92 Å². The summed E-state index contributed by atoms with van der Waals surface area (Å²) < 4.78 is 14.1. The number of rotatable bonds is 3. The Hall–Kier alpha value is -2.15. The zero-order valence-electron chi connectivity index (χ0n) is 16.4. The second kappa shape index (κ2) is 8.07. The molecule has 1 saturated carbocycles. The molecule has 2 aliphatic heterocycles. The number of amides is 2. The van der Waals surface area contributed by atoms with E-state index in [1.165, 1.54) is 6.07 Å². The molecule has 3 aliphatic rings. The van der Waals surface area contributed by atoms with E-state index < -0.39 is 6.04 Å². The molecule has 3 atom stereocenters. The molecular formula is C21H29FN4O2. The number of carbonyl (C=O) groups is 2. The van der Waals surface area contributed by atoms with Crippen molar-refractivity contribution >= 4 is 17.5 Å². The Morgan fingerprint density at radius 2 is 2.14 bits per heavy atom. The van der Waals surface area contributed by atoms with Crippen LogP contribution < -0.4 is 16.0 Å². The van der Waals surface area contributed by atoms with Crippen LogP contribution in [0.2, 0.25) is 0 Å². The Balaban J connectivity index is 1.35. The van der Waals surface area contributed by atoms with Crippen LogP contribution in [0.4, 0.5) is 10.1 Å². The predicted octanol–water partition coefficient (Wildman–Crippen LogP) is 1.72. The zero-order valence-corrected chi connectivity index (χ0v) is 16.4. The molecule has 0 bridgehead atoms. The van der Waals surface area contributed by atoms with Crippen molar-refractivity contribution in [1.82, 2.24) is 15.5 Å². The first-order valence-corrected chi connectivity index (χ1v) is 10.4. The quantitative estimate of drug-likeness (QED) is 0.737. The molecular weight excluding hydrogens is 359 g/mol. The minimum absolute atomic E-state index is 0.0609. The van der Waals surface area contributed by atoms with Crippen molar-refractivity contribution in [3.05, 3.63) is 29.1 Å². The number of nitrogens with zero attached hydrogens (tertiary/aromatic N) is 1. The molecule has 0 spiro atoms. The molecule has 2 amide bonds. The van der Waals surface area contributed by atoms with Gasteiger partial charge in [0.05, 0.1) is 6.54 Å². The van der Waals surface area contributed by atoms with Crippen molar-refractivity contribution < 1.29 is 14.0 Å². The molecule has 1 aromatic carbocycles. The lowest BCUT2D eigenvalue weighted by Crippen LogP contribution is -2.50. The molecule has 28 heavy (non-hydrogen) atoms. The zero-order chi connectivity index (χ0) is 19.7. The van der Waals surface area contributed by atoms with E-state index in [-0.39, 0.29) is 23.7 Å². The summed E-state index contributed by atoms with van der Waals surface area (Å²) >= 11 is 0. The van der Waals surface area contributed by atoms with Crippen molar-refractivity contribution in [3.63, 3.8) is 0 Å². The highest BCUT2D eigenvalue weighted by Gasteiger charge is 2.33. The maximum absolute atomic E-state index is 14.1. The lowest BCUT2D eigenvalue weighted by molar-refractivity contribution is -0.124. The van der Waals surface area contributed by atoms with E-state index in [9.17, 15) is 14.0 Å². The molecule has 1 saturated heterocycles. The molecule has 0 aromatic heterocycles. The first kappa shape index (κ1) is 19.2. The molecule has 152 valence electrons. The van der Waals surface area contributed by atoms with E-state index >= 15 is 0 Å². The molecule has 2 heterocycles. The average Bonchev–Trinajstić information content (AvgIpc) is 3.03. The third-order valence-corrected chi connectivity index (χ3v) is 6.31. The maximum atomic E-state index is 14.1. The van der Waals surface area contributed by atoms with Crippen molar-refractivity contribution in [3.8, 4) is 0 Å². The Morgan fingerprint density at radius 3 is 2.96 bits per heavy atom. The van der Waals surface area contributed by atoms with Gasteiger partial charge in [-0.05, 0) is 50.7 Å². The minimum Gasteiger partial charge on any atom is -0.373 e. The molecule has 1 aliphatic carbocycles. The third kappa shape index (κ3) is 3.99. The van der Waals surface area contributed by atoms with Crippen LogP contribution in [0.15, 0.2) is 12.1 Å². The first-order valence-electron chi connectivity index (χ1n) is 10.4. The summed E-state index contributed by atoms with van der Waals surface area (Å²) in [5.41, 5.74) is 2.33. The van der Waals surface area contributed by atoms with Gasteiger partial charge < -0.3 is 16.0 Å². The van der Waals surface area contributed by atoms with E-state index in [4.69, 9.17) is 0 Å². The summed E-state index contributed by atoms with van der Waals surface area (Å²) in [4.78, 5) is 27.0. The summed E-state index contributed by atoms with van der Waals surface area (Å²) in [7, 11) is 0. The summed E-state index contributed by atoms with van der Waals surface area (Å²) in [5, 5.41) is 9.31. The second-order valence-electron chi connectivity index (χ2n) is 8.32. The molecule has 1 aromatic rings. The molecule has 6 nitrogen and oxygen atoms in total. The monoisotopic (exact) mass is 388 g/mol. The fourth-order valence-corrected chi connectivity index (χ4v) is 4.80. The van der Waals surface area contributed by atoms with Gasteiger partial charge in [-0.15, -0.1) is 0 Å². The number of fused-ring (bicyclic) bond motifs is 1. The molecule has 4 rings (SSSR count). The third-order valence-electron chi connectivity index (χ3n) is 6.31. The van der Waals surface area contributed by atoms with Crippen LogP contribution in [0.5, 0.6) is 0 Å². The molecule has 2 fully saturated rings. The Bertz CT molecular complexity index is 738. The Morgan fingerprint density at radius 1 is 1.29 bits per heavy atom. The van der Waals surface area contributed by atoms with E-state index in [0.29, 0.717) is 24.6 Å². The number of hydrogen-bond acceptors (Lipinski definition) is 4. The van der Waals surface area contributed by atoms with Crippen LogP contribution in [0.1, 0.15) is 43.2 Å². The maximum Gasteiger partial charge on any atom is 0.243 e. The topological polar surface area (TPSA) is 73.5 Å². The van der Waals surface area contributed by atoms with Crippen LogP contribution in [-0.2, 0) is 16.0 Å². The number of nitrogens with one attached hydrogen (secondary N) is 3. The number of aryl methyl sites for hydroxylation is 1. The summed E-state index contributed by atoms with van der Waals surface area (Å²) in [6.45, 7) is 4.03. The minimum atomic E-state index is -0.421. The van der Waals surface area contributed by atoms with Crippen molar-refractivity contribution in [2.45, 2.75) is 63.6 Å². The SMILES string of the molecule is Cc1ccc(F)c2c1NC(C(=O)N[C@@H]1CCC[C@@H](N3CCCNC(=O)C3)C1)C2. The average molecular weight is 388 g/mol. The van der Waals surface area contributed by atoms with Crippen molar-refractivity contribution in [2.24, 2.45) is 0 Å². The molecule has 3 N–H and O–H groups in total. The largest absolute Gasteiger partial charge is 0.373 e. The summed E-state index contributed by atoms with van der Waals surface area (Å²) in [6, 6.07) is 3.23. The lowest BCUT2D eigenvalue weighted by atomic mass is 9.89. The van der Waals surface area contributed by atoms with E-state index in [1.54, 1.807) is 6.07 Å². The van der Waals surface area contributed by atoms with Gasteiger partial charge in [0, 0.05) is 42.8 Å². The summed E-state index contributed by atoms with van der Waals surface area (Å²) in [5.74, 6) is -0.219. The highest BCUT2D eigenvalue weighted by molar-refractivity contribution is 5.88. The van der Waals surface area contributed by atoms with Crippen molar-refractivity contribution in [1.29, 1.82) is 0 Å². The number of anilines is 1. The number of carbonyl (C=O) groups excluding carboxylic acids is 2. The van der Waals surface area contributed by atoms with Crippen LogP contribution in [0, 0.1) is 12.7 Å². The smallest absolute Gasteiger partial charge is 0.243 e. The fourth-order valence-electron chi connectivity index (χ4n) is 4.80. The van der Waals surface area contributed by atoms with Gasteiger partial charge in [-0.3, -0.25) is 14.5 Å². The first-order chi connectivity index (χ1) is 13.5. The van der Waals surface area contributed by atoms with Crippen LogP contribution in [0.3, 0.4) is 0 Å². The fraction of sp³-hybridized carbons (Fsp3) is 0.619. The van der Waals surface area contributed by atoms with Gasteiger partial charge in [0.25, 0.3) is 0 Å². The lowest BCUT2D eigenvalue weighted by Gasteiger charge is -2.37. The Labute approximate surface area is 165 Å². The van der Waals surface area contributed by atoms with Gasteiger partial charge in [-0.1, -0.05) is 6.07 Å². The van der Waals surface area contributed by atoms with Gasteiger partial charge in [-0.2, -0.15) is 0 Å². The number of benzene rings is 1. The standard InChI is InChI=1S/C21H29FN4O2/c1-13-6-7-17(22)16-11-18(25-20(13)16)21(28)24-14-4-2-5-15(10-14)26-9-3-8-23-19(27)12-26/h6-7,14-15,18,25H,2-5,8-12H2,1H3,(H,23,27)(H,24,28)/t14-,15-,18?/m1/s1. The number of halogens is 1. The molecule has 1 unspecified atom stereocenters. The second-order valence-corrected chi connectivity index (χ2v) is 8.32. The highest BCUT2D eigenvalue weighted by Crippen LogP contribution is 2.32. The van der Waals surface area contributed by atoms with Gasteiger partial charge in [-0.25, -0.2) is 4.39 Å². The van der Waals surface area contributed by atoms with Gasteiger partial charge >= 0.3 is 0 Å². The van der Waals surface area contributed by atoms with E-state index in [2.05, 4.69) is 20.9 Å². The van der Waals surface area contributed by atoms with Gasteiger partial charge in [0.2, 0.25) is 11.8 Å². The van der Waals surface area contributed by atoms with Gasteiger partial charge in [0.15, 0.2) is 0 Å². The number of hydrogen-bond donors (Lipinski definition) is 3. The normalized spacial score (nSPS) is 28.1. The highest BCUT2D eigenvalue weighted by atomic mass is 19.1. The van der Waals surface area contributed by atoms with Gasteiger partial charge in [0.1, 0.15) is 11.9 Å².